The SMILES string of the molecule is CC(=O)OC(=O)/C=C\C(=O)O.[H-].[Na+]. The third-order valence-corrected chi connectivity index (χ3v) is 0.606. The molecule has 0 rings (SSSR count). The van der Waals surface area contributed by atoms with Crippen LogP contribution in [0.3, 0.4) is 0 Å². The summed E-state index contributed by atoms with van der Waals surface area (Å²) in [5.41, 5.74) is 0. The van der Waals surface area contributed by atoms with E-state index in [9.17, 15) is 14.4 Å². The summed E-state index contributed by atoms with van der Waals surface area (Å²) in [6, 6.07) is 0. The third kappa shape index (κ3) is 9.35. The molecule has 1 N–H and O–H groups in total. The number of aliphatic carboxylic acids is 1. The zero-order valence-corrected chi connectivity index (χ0v) is 8.73. The van der Waals surface area contributed by atoms with E-state index >= 15 is 0 Å². The number of carbonyl (C=O) groups is 3. The molecule has 0 aromatic rings. The first-order valence-corrected chi connectivity index (χ1v) is 2.65. The molecular formula is C6H7NaO5. The summed E-state index contributed by atoms with van der Waals surface area (Å²) in [5.74, 6) is -3.03. The molecular weight excluding hydrogens is 175 g/mol. The maximum Gasteiger partial charge on any atom is 1.00 e. The number of carboxylic acids is 1. The molecule has 0 aliphatic heterocycles. The summed E-state index contributed by atoms with van der Waals surface area (Å²) in [7, 11) is 0. The molecule has 12 heavy (non-hydrogen) atoms. The molecule has 0 bridgehead atoms. The first kappa shape index (κ1) is 13.9. The average molecular weight is 182 g/mol. The van der Waals surface area contributed by atoms with Gasteiger partial charge in [-0.1, -0.05) is 0 Å². The van der Waals surface area contributed by atoms with Crippen molar-refractivity contribution in [1.29, 1.82) is 0 Å². The Kier molecular flexibility index (Phi) is 8.14. The van der Waals surface area contributed by atoms with Gasteiger partial charge in [-0.2, -0.15) is 0 Å². The first-order valence-electron chi connectivity index (χ1n) is 2.65. The van der Waals surface area contributed by atoms with Gasteiger partial charge in [0.1, 0.15) is 0 Å². The van der Waals surface area contributed by atoms with Crippen LogP contribution in [0.15, 0.2) is 12.2 Å². The van der Waals surface area contributed by atoms with Crippen LogP contribution in [0.5, 0.6) is 0 Å². The predicted octanol–water partition coefficient (Wildman–Crippen LogP) is -3.17. The van der Waals surface area contributed by atoms with E-state index in [-0.39, 0.29) is 31.0 Å². The molecule has 5 nitrogen and oxygen atoms in total. The van der Waals surface area contributed by atoms with Crippen LogP contribution in [-0.2, 0) is 19.1 Å². The second-order valence-corrected chi connectivity index (χ2v) is 1.58. The maximum absolute atomic E-state index is 10.4. The van der Waals surface area contributed by atoms with E-state index in [0.29, 0.717) is 12.2 Å². The summed E-state index contributed by atoms with van der Waals surface area (Å²) in [4.78, 5) is 30.2. The molecule has 0 unspecified atom stereocenters. The van der Waals surface area contributed by atoms with Crippen LogP contribution in [0.4, 0.5) is 0 Å². The largest absolute Gasteiger partial charge is 1.00 e. The van der Waals surface area contributed by atoms with E-state index < -0.39 is 17.9 Å². The van der Waals surface area contributed by atoms with Crippen molar-refractivity contribution >= 4 is 17.9 Å². The molecule has 0 atom stereocenters. The van der Waals surface area contributed by atoms with Crippen LogP contribution in [0, 0.1) is 0 Å². The minimum absolute atomic E-state index is 0. The Hall–Kier alpha value is -0.650. The molecule has 0 aromatic carbocycles. The molecule has 0 radical (unpaired) electrons. The van der Waals surface area contributed by atoms with Gasteiger partial charge in [-0.25, -0.2) is 9.59 Å². The molecule has 0 aliphatic rings. The Balaban J connectivity index is -0.000000500. The molecule has 0 amide bonds. The standard InChI is InChI=1S/C6H6O5.Na.H/c1-4(7)11-6(10)3-2-5(8)9;;/h2-3H,1H3,(H,8,9);;/q;+1;-1/b3-2-;;. The van der Waals surface area contributed by atoms with E-state index in [4.69, 9.17) is 5.11 Å². The molecule has 6 heteroatoms. The summed E-state index contributed by atoms with van der Waals surface area (Å²) in [5, 5.41) is 8.02. The average Bonchev–Trinajstić information content (AvgIpc) is 1.82. The Morgan fingerprint density at radius 1 is 1.33 bits per heavy atom. The maximum atomic E-state index is 10.4. The summed E-state index contributed by atoms with van der Waals surface area (Å²) >= 11 is 0. The van der Waals surface area contributed by atoms with E-state index in [0.717, 1.165) is 6.92 Å². The number of esters is 2. The fraction of sp³-hybridized carbons (Fsp3) is 0.167. The molecule has 0 saturated heterocycles. The molecule has 0 saturated carbocycles. The van der Waals surface area contributed by atoms with E-state index in [2.05, 4.69) is 4.74 Å². The Bertz CT molecular complexity index is 225. The fourth-order valence-electron chi connectivity index (χ4n) is 0.315. The smallest absolute Gasteiger partial charge is 1.00 e. The predicted molar refractivity (Wildman–Crippen MR) is 34.7 cm³/mol. The number of hydrogen-bond acceptors (Lipinski definition) is 4. The van der Waals surface area contributed by atoms with E-state index in [1.807, 2.05) is 0 Å². The van der Waals surface area contributed by atoms with Crippen molar-refractivity contribution < 1.29 is 55.2 Å². The van der Waals surface area contributed by atoms with Crippen molar-refractivity contribution in [3.8, 4) is 0 Å². The molecule has 0 aliphatic carbocycles. The number of ether oxygens (including phenoxy) is 1. The van der Waals surface area contributed by atoms with Crippen LogP contribution in [0.2, 0.25) is 0 Å². The van der Waals surface area contributed by atoms with Crippen molar-refractivity contribution in [2.45, 2.75) is 6.92 Å². The second-order valence-electron chi connectivity index (χ2n) is 1.58. The number of hydrogen-bond donors (Lipinski definition) is 1. The van der Waals surface area contributed by atoms with Gasteiger partial charge in [0, 0.05) is 19.1 Å². The van der Waals surface area contributed by atoms with Gasteiger partial charge >= 0.3 is 47.5 Å². The van der Waals surface area contributed by atoms with Crippen molar-refractivity contribution in [1.82, 2.24) is 0 Å². The number of carbonyl (C=O) groups excluding carboxylic acids is 2. The Morgan fingerprint density at radius 2 is 1.83 bits per heavy atom. The van der Waals surface area contributed by atoms with Crippen molar-refractivity contribution in [2.24, 2.45) is 0 Å². The number of rotatable bonds is 2. The summed E-state index contributed by atoms with van der Waals surface area (Å²) < 4.78 is 3.97. The molecule has 0 fully saturated rings. The minimum Gasteiger partial charge on any atom is -1.00 e. The van der Waals surface area contributed by atoms with Crippen LogP contribution in [0.25, 0.3) is 0 Å². The summed E-state index contributed by atoms with van der Waals surface area (Å²) in [6.07, 6.45) is 1.25. The Labute approximate surface area is 92.2 Å². The summed E-state index contributed by atoms with van der Waals surface area (Å²) in [6.45, 7) is 1.05. The third-order valence-electron chi connectivity index (χ3n) is 0.606. The van der Waals surface area contributed by atoms with Crippen LogP contribution in [0.1, 0.15) is 8.35 Å². The first-order chi connectivity index (χ1) is 5.02. The molecule has 0 spiro atoms. The Morgan fingerprint density at radius 3 is 2.17 bits per heavy atom. The van der Waals surface area contributed by atoms with Gasteiger partial charge in [0.2, 0.25) is 0 Å². The van der Waals surface area contributed by atoms with Gasteiger partial charge in [0.05, 0.1) is 0 Å². The van der Waals surface area contributed by atoms with E-state index in [1.165, 1.54) is 0 Å². The quantitative estimate of drug-likeness (QED) is 0.211. The van der Waals surface area contributed by atoms with Gasteiger partial charge in [0.25, 0.3) is 0 Å². The second kappa shape index (κ2) is 7.02. The molecule has 0 heterocycles. The molecule has 0 aromatic heterocycles. The fourth-order valence-corrected chi connectivity index (χ4v) is 0.315. The van der Waals surface area contributed by atoms with Gasteiger partial charge < -0.3 is 11.3 Å². The normalized spacial score (nSPS) is 8.75. The topological polar surface area (TPSA) is 80.7 Å². The van der Waals surface area contributed by atoms with E-state index in [1.54, 1.807) is 0 Å². The zero-order chi connectivity index (χ0) is 8.85. The van der Waals surface area contributed by atoms with Gasteiger partial charge in [0.15, 0.2) is 0 Å². The van der Waals surface area contributed by atoms with Crippen LogP contribution in [-0.4, -0.2) is 23.0 Å². The minimum atomic E-state index is -1.27. The number of carboxylic acid groups (broad SMARTS) is 1. The van der Waals surface area contributed by atoms with Crippen LogP contribution < -0.4 is 29.6 Å². The van der Waals surface area contributed by atoms with Crippen molar-refractivity contribution in [2.75, 3.05) is 0 Å². The van der Waals surface area contributed by atoms with Gasteiger partial charge in [-0.15, -0.1) is 0 Å². The zero-order valence-electron chi connectivity index (χ0n) is 7.73. The van der Waals surface area contributed by atoms with Crippen molar-refractivity contribution in [3.05, 3.63) is 12.2 Å². The monoisotopic (exact) mass is 182 g/mol. The van der Waals surface area contributed by atoms with Gasteiger partial charge in [-0.05, 0) is 0 Å². The van der Waals surface area contributed by atoms with Crippen LogP contribution >= 0.6 is 0 Å². The van der Waals surface area contributed by atoms with Crippen molar-refractivity contribution in [3.63, 3.8) is 0 Å². The molecule has 62 valence electrons. The van der Waals surface area contributed by atoms with Gasteiger partial charge in [-0.3, -0.25) is 4.79 Å².